The molecule has 17 heavy (non-hydrogen) atoms. The van der Waals surface area contributed by atoms with Gasteiger partial charge in [-0.3, -0.25) is 4.68 Å². The number of nitrogens with zero attached hydrogens (tertiary/aromatic N) is 3. The van der Waals surface area contributed by atoms with E-state index in [1.165, 1.54) is 0 Å². The molecule has 0 amide bonds. The van der Waals surface area contributed by atoms with Crippen LogP contribution in [0.3, 0.4) is 0 Å². The van der Waals surface area contributed by atoms with Crippen LogP contribution in [0.15, 0.2) is 4.52 Å². The van der Waals surface area contributed by atoms with Crippen molar-refractivity contribution in [2.24, 2.45) is 7.05 Å². The molecule has 0 aliphatic heterocycles. The highest BCUT2D eigenvalue weighted by Gasteiger charge is 2.14. The van der Waals surface area contributed by atoms with E-state index < -0.39 is 0 Å². The molecule has 0 bridgehead atoms. The zero-order chi connectivity index (χ0) is 12.6. The average Bonchev–Trinajstić information content (AvgIpc) is 2.70. The molecule has 92 valence electrons. The quantitative estimate of drug-likeness (QED) is 0.818. The van der Waals surface area contributed by atoms with Gasteiger partial charge in [0.1, 0.15) is 18.1 Å². The summed E-state index contributed by atoms with van der Waals surface area (Å²) in [4.78, 5) is 0. The van der Waals surface area contributed by atoms with Crippen molar-refractivity contribution in [3.63, 3.8) is 0 Å². The van der Waals surface area contributed by atoms with E-state index >= 15 is 0 Å². The fraction of sp³-hybridized carbons (Fsp3) is 0.500. The highest BCUT2D eigenvalue weighted by Crippen LogP contribution is 2.23. The molecule has 0 saturated carbocycles. The van der Waals surface area contributed by atoms with Crippen molar-refractivity contribution >= 4 is 0 Å². The van der Waals surface area contributed by atoms with Crippen LogP contribution in [0.4, 0.5) is 0 Å². The van der Waals surface area contributed by atoms with E-state index in [2.05, 4.69) is 10.3 Å². The highest BCUT2D eigenvalue weighted by molar-refractivity contribution is 5.32. The van der Waals surface area contributed by atoms with Gasteiger partial charge < -0.3 is 9.26 Å². The third-order valence-corrected chi connectivity index (χ3v) is 2.98. The molecule has 0 fully saturated rings. The lowest BCUT2D eigenvalue weighted by Gasteiger charge is -2.05. The summed E-state index contributed by atoms with van der Waals surface area (Å²) in [5, 5.41) is 8.21. The van der Waals surface area contributed by atoms with Crippen molar-refractivity contribution in [1.29, 1.82) is 0 Å². The van der Waals surface area contributed by atoms with Gasteiger partial charge in [-0.2, -0.15) is 5.10 Å². The zero-order valence-electron chi connectivity index (χ0n) is 10.9. The van der Waals surface area contributed by atoms with Gasteiger partial charge in [0.25, 0.3) is 0 Å². The minimum absolute atomic E-state index is 0.467. The molecule has 0 N–H and O–H groups in total. The smallest absolute Gasteiger partial charge is 0.163 e. The van der Waals surface area contributed by atoms with Gasteiger partial charge >= 0.3 is 0 Å². The van der Waals surface area contributed by atoms with E-state index in [1.54, 1.807) is 0 Å². The Bertz CT molecular complexity index is 521. The second-order valence-corrected chi connectivity index (χ2v) is 4.21. The Balaban J connectivity index is 2.18. The molecule has 5 nitrogen and oxygen atoms in total. The lowest BCUT2D eigenvalue weighted by molar-refractivity contribution is 0.297. The number of rotatable bonds is 3. The third-order valence-electron chi connectivity index (χ3n) is 2.98. The van der Waals surface area contributed by atoms with Crippen molar-refractivity contribution in [2.75, 3.05) is 0 Å². The maximum Gasteiger partial charge on any atom is 0.163 e. The Morgan fingerprint density at radius 3 is 2.35 bits per heavy atom. The molecule has 0 spiro atoms. The molecular formula is C12H17N3O2. The van der Waals surface area contributed by atoms with E-state index in [1.807, 2.05) is 39.4 Å². The van der Waals surface area contributed by atoms with Gasteiger partial charge in [-0.1, -0.05) is 5.16 Å². The first-order valence-corrected chi connectivity index (χ1v) is 5.55. The van der Waals surface area contributed by atoms with Gasteiger partial charge in [-0.25, -0.2) is 0 Å². The van der Waals surface area contributed by atoms with E-state index in [0.29, 0.717) is 6.61 Å². The average molecular weight is 235 g/mol. The first kappa shape index (κ1) is 11.7. The van der Waals surface area contributed by atoms with Gasteiger partial charge in [0, 0.05) is 7.05 Å². The minimum Gasteiger partial charge on any atom is -0.485 e. The maximum absolute atomic E-state index is 5.81. The number of aryl methyl sites for hydroxylation is 4. The first-order chi connectivity index (χ1) is 8.00. The highest BCUT2D eigenvalue weighted by atomic mass is 16.5. The fourth-order valence-electron chi connectivity index (χ4n) is 1.82. The second-order valence-electron chi connectivity index (χ2n) is 4.21. The summed E-state index contributed by atoms with van der Waals surface area (Å²) in [6, 6.07) is 0. The van der Waals surface area contributed by atoms with Gasteiger partial charge in [-0.15, -0.1) is 0 Å². The lowest BCUT2D eigenvalue weighted by Crippen LogP contribution is -2.00. The summed E-state index contributed by atoms with van der Waals surface area (Å²) in [5.74, 6) is 1.65. The molecule has 2 aromatic rings. The minimum atomic E-state index is 0.467. The monoisotopic (exact) mass is 235 g/mol. The van der Waals surface area contributed by atoms with E-state index in [4.69, 9.17) is 9.26 Å². The Hall–Kier alpha value is -1.78. The Labute approximate surface area is 100 Å². The Kier molecular flexibility index (Phi) is 2.92. The van der Waals surface area contributed by atoms with Gasteiger partial charge in [-0.05, 0) is 27.7 Å². The summed E-state index contributed by atoms with van der Waals surface area (Å²) < 4.78 is 12.7. The number of hydrogen-bond acceptors (Lipinski definition) is 4. The molecule has 5 heteroatoms. The van der Waals surface area contributed by atoms with Gasteiger partial charge in [0.15, 0.2) is 5.75 Å². The van der Waals surface area contributed by atoms with Crippen molar-refractivity contribution < 1.29 is 9.26 Å². The molecule has 0 aromatic carbocycles. The van der Waals surface area contributed by atoms with Crippen LogP contribution in [0.25, 0.3) is 0 Å². The molecule has 2 heterocycles. The topological polar surface area (TPSA) is 53.1 Å². The van der Waals surface area contributed by atoms with E-state index in [0.717, 1.165) is 34.2 Å². The van der Waals surface area contributed by atoms with Gasteiger partial charge in [0.2, 0.25) is 0 Å². The molecular weight excluding hydrogens is 218 g/mol. The second kappa shape index (κ2) is 4.24. The molecule has 2 aromatic heterocycles. The predicted molar refractivity (Wildman–Crippen MR) is 63.0 cm³/mol. The predicted octanol–water partition coefficient (Wildman–Crippen LogP) is 2.22. The molecule has 0 atom stereocenters. The van der Waals surface area contributed by atoms with Crippen LogP contribution in [-0.2, 0) is 13.7 Å². The summed E-state index contributed by atoms with van der Waals surface area (Å²) >= 11 is 0. The standard InChI is InChI=1S/C12H17N3O2/c1-7-11(10(4)17-14-7)6-16-12-8(2)13-15(5)9(12)3/h6H2,1-5H3. The van der Waals surface area contributed by atoms with Crippen molar-refractivity contribution in [3.05, 3.63) is 28.4 Å². The van der Waals surface area contributed by atoms with E-state index in [-0.39, 0.29) is 0 Å². The SMILES string of the molecule is Cc1noc(C)c1COc1c(C)nn(C)c1C. The molecule has 0 radical (unpaired) electrons. The van der Waals surface area contributed by atoms with Crippen molar-refractivity contribution in [2.45, 2.75) is 34.3 Å². The van der Waals surface area contributed by atoms with Gasteiger partial charge in [0.05, 0.1) is 17.0 Å². The van der Waals surface area contributed by atoms with E-state index in [9.17, 15) is 0 Å². The van der Waals surface area contributed by atoms with Crippen LogP contribution >= 0.6 is 0 Å². The first-order valence-electron chi connectivity index (χ1n) is 5.55. The van der Waals surface area contributed by atoms with Crippen LogP contribution in [-0.4, -0.2) is 14.9 Å². The lowest BCUT2D eigenvalue weighted by atomic mass is 10.2. The summed E-state index contributed by atoms with van der Waals surface area (Å²) in [7, 11) is 1.91. The largest absolute Gasteiger partial charge is 0.485 e. The molecule has 0 aliphatic carbocycles. The molecule has 0 unspecified atom stereocenters. The number of aromatic nitrogens is 3. The molecule has 0 aliphatic rings. The van der Waals surface area contributed by atoms with Crippen molar-refractivity contribution in [3.8, 4) is 5.75 Å². The fourth-order valence-corrected chi connectivity index (χ4v) is 1.82. The maximum atomic E-state index is 5.81. The Morgan fingerprint density at radius 2 is 1.88 bits per heavy atom. The van der Waals surface area contributed by atoms with Crippen molar-refractivity contribution in [1.82, 2.24) is 14.9 Å². The molecule has 2 rings (SSSR count). The number of hydrogen-bond donors (Lipinski definition) is 0. The summed E-state index contributed by atoms with van der Waals surface area (Å²) in [6.45, 7) is 8.20. The zero-order valence-corrected chi connectivity index (χ0v) is 10.9. The molecule has 0 saturated heterocycles. The third kappa shape index (κ3) is 2.05. The number of ether oxygens (including phenoxy) is 1. The summed E-state index contributed by atoms with van der Waals surface area (Å²) in [6.07, 6.45) is 0. The normalized spacial score (nSPS) is 10.9. The summed E-state index contributed by atoms with van der Waals surface area (Å²) in [5.41, 5.74) is 3.81. The van der Waals surface area contributed by atoms with Crippen LogP contribution < -0.4 is 4.74 Å². The van der Waals surface area contributed by atoms with Crippen LogP contribution in [0.1, 0.15) is 28.4 Å². The van der Waals surface area contributed by atoms with Crippen LogP contribution in [0.5, 0.6) is 5.75 Å². The van der Waals surface area contributed by atoms with Crippen LogP contribution in [0.2, 0.25) is 0 Å². The Morgan fingerprint density at radius 1 is 1.18 bits per heavy atom. The van der Waals surface area contributed by atoms with Crippen LogP contribution in [0, 0.1) is 27.7 Å².